The average molecular weight is 256 g/mol. The topological polar surface area (TPSA) is 56.0 Å². The van der Waals surface area contributed by atoms with Crippen molar-refractivity contribution in [3.05, 3.63) is 47.6 Å². The Morgan fingerprint density at radius 2 is 2.05 bits per heavy atom. The molecule has 19 heavy (non-hydrogen) atoms. The van der Waals surface area contributed by atoms with Gasteiger partial charge < -0.3 is 4.52 Å². The highest BCUT2D eigenvalue weighted by molar-refractivity contribution is 5.79. The lowest BCUT2D eigenvalue weighted by molar-refractivity contribution is -0.118. The third-order valence-electron chi connectivity index (χ3n) is 3.72. The molecule has 2 aromatic rings. The van der Waals surface area contributed by atoms with Crippen molar-refractivity contribution in [2.75, 3.05) is 0 Å². The van der Waals surface area contributed by atoms with Crippen molar-refractivity contribution in [3.8, 4) is 0 Å². The summed E-state index contributed by atoms with van der Waals surface area (Å²) in [6, 6.07) is 10.2. The Morgan fingerprint density at radius 3 is 2.68 bits per heavy atom. The molecule has 1 heterocycles. The summed E-state index contributed by atoms with van der Waals surface area (Å²) < 4.78 is 5.20. The van der Waals surface area contributed by atoms with Crippen LogP contribution in [0, 0.1) is 0 Å². The molecule has 1 aromatic carbocycles. The zero-order valence-electron chi connectivity index (χ0n) is 10.9. The number of benzene rings is 1. The molecule has 0 atom stereocenters. The van der Waals surface area contributed by atoms with Crippen molar-refractivity contribution < 1.29 is 9.32 Å². The standard InChI is InChI=1S/C15H16N2O2/c1-2-12(18)10-13-16-14(17-19-13)15(8-9-15)11-6-4-3-5-7-11/h3-7H,2,8-10H2,1H3. The maximum absolute atomic E-state index is 11.4. The molecule has 1 saturated carbocycles. The summed E-state index contributed by atoms with van der Waals surface area (Å²) in [5.41, 5.74) is 1.14. The normalized spacial score (nSPS) is 16.3. The van der Waals surface area contributed by atoms with E-state index in [1.54, 1.807) is 0 Å². The Morgan fingerprint density at radius 1 is 1.32 bits per heavy atom. The molecule has 0 amide bonds. The largest absolute Gasteiger partial charge is 0.339 e. The Bertz CT molecular complexity index is 585. The summed E-state index contributed by atoms with van der Waals surface area (Å²) in [5, 5.41) is 4.08. The molecule has 0 bridgehead atoms. The van der Waals surface area contributed by atoms with Crippen LogP contribution in [-0.4, -0.2) is 15.9 Å². The van der Waals surface area contributed by atoms with E-state index >= 15 is 0 Å². The van der Waals surface area contributed by atoms with Crippen molar-refractivity contribution in [1.29, 1.82) is 0 Å². The van der Waals surface area contributed by atoms with Gasteiger partial charge in [0.05, 0.1) is 11.8 Å². The Kier molecular flexibility index (Phi) is 2.93. The van der Waals surface area contributed by atoms with E-state index in [2.05, 4.69) is 22.3 Å². The molecular weight excluding hydrogens is 240 g/mol. The number of carbonyl (C=O) groups is 1. The molecule has 98 valence electrons. The van der Waals surface area contributed by atoms with E-state index in [4.69, 9.17) is 4.52 Å². The molecule has 0 spiro atoms. The van der Waals surface area contributed by atoms with Gasteiger partial charge in [-0.25, -0.2) is 0 Å². The van der Waals surface area contributed by atoms with Crippen LogP contribution in [0.25, 0.3) is 0 Å². The number of Topliss-reactive ketones (excluding diaryl/α,β-unsaturated/α-hetero) is 1. The first kappa shape index (κ1) is 12.1. The fraction of sp³-hybridized carbons (Fsp3) is 0.400. The van der Waals surface area contributed by atoms with Crippen LogP contribution in [0.1, 0.15) is 43.5 Å². The van der Waals surface area contributed by atoms with Crippen LogP contribution >= 0.6 is 0 Å². The van der Waals surface area contributed by atoms with Crippen LogP contribution in [0.4, 0.5) is 0 Å². The summed E-state index contributed by atoms with van der Waals surface area (Å²) in [6.45, 7) is 1.84. The van der Waals surface area contributed by atoms with E-state index in [-0.39, 0.29) is 17.6 Å². The van der Waals surface area contributed by atoms with E-state index < -0.39 is 0 Å². The molecule has 1 aliphatic carbocycles. The summed E-state index contributed by atoms with van der Waals surface area (Å²) in [5.74, 6) is 1.28. The van der Waals surface area contributed by atoms with Gasteiger partial charge in [-0.1, -0.05) is 42.4 Å². The number of ketones is 1. The quantitative estimate of drug-likeness (QED) is 0.825. The van der Waals surface area contributed by atoms with Gasteiger partial charge in [0.15, 0.2) is 5.82 Å². The highest BCUT2D eigenvalue weighted by Crippen LogP contribution is 2.52. The molecule has 0 aliphatic heterocycles. The second kappa shape index (κ2) is 4.61. The van der Waals surface area contributed by atoms with Gasteiger partial charge in [0.25, 0.3) is 0 Å². The van der Waals surface area contributed by atoms with Gasteiger partial charge >= 0.3 is 0 Å². The van der Waals surface area contributed by atoms with Gasteiger partial charge in [-0.3, -0.25) is 4.79 Å². The number of rotatable bonds is 5. The molecular formula is C15H16N2O2. The molecule has 0 N–H and O–H groups in total. The minimum atomic E-state index is -0.0850. The lowest BCUT2D eigenvalue weighted by Crippen LogP contribution is -2.11. The van der Waals surface area contributed by atoms with E-state index in [1.807, 2.05) is 25.1 Å². The Hall–Kier alpha value is -1.97. The van der Waals surface area contributed by atoms with Gasteiger partial charge in [-0.05, 0) is 18.4 Å². The minimum absolute atomic E-state index is 0.0850. The lowest BCUT2D eigenvalue weighted by atomic mass is 9.95. The zero-order valence-corrected chi connectivity index (χ0v) is 10.9. The van der Waals surface area contributed by atoms with Gasteiger partial charge in [0.1, 0.15) is 5.78 Å². The van der Waals surface area contributed by atoms with Crippen LogP contribution in [0.2, 0.25) is 0 Å². The monoisotopic (exact) mass is 256 g/mol. The second-order valence-corrected chi connectivity index (χ2v) is 5.03. The minimum Gasteiger partial charge on any atom is -0.339 e. The molecule has 1 fully saturated rings. The van der Waals surface area contributed by atoms with Gasteiger partial charge in [0, 0.05) is 6.42 Å². The number of nitrogens with zero attached hydrogens (tertiary/aromatic N) is 2. The summed E-state index contributed by atoms with van der Waals surface area (Å²) >= 11 is 0. The fourth-order valence-electron chi connectivity index (χ4n) is 2.34. The lowest BCUT2D eigenvalue weighted by Gasteiger charge is -2.09. The maximum atomic E-state index is 11.4. The molecule has 4 nitrogen and oxygen atoms in total. The summed E-state index contributed by atoms with van der Waals surface area (Å²) in [7, 11) is 0. The fourth-order valence-corrected chi connectivity index (χ4v) is 2.34. The molecule has 0 unspecified atom stereocenters. The smallest absolute Gasteiger partial charge is 0.234 e. The molecule has 0 radical (unpaired) electrons. The van der Waals surface area contributed by atoms with Crippen molar-refractivity contribution in [2.24, 2.45) is 0 Å². The molecule has 3 rings (SSSR count). The first-order valence-corrected chi connectivity index (χ1v) is 6.65. The van der Waals surface area contributed by atoms with Crippen molar-refractivity contribution in [2.45, 2.75) is 38.0 Å². The number of carbonyl (C=O) groups excluding carboxylic acids is 1. The predicted molar refractivity (Wildman–Crippen MR) is 69.8 cm³/mol. The summed E-state index contributed by atoms with van der Waals surface area (Å²) in [6.07, 6.45) is 2.82. The Balaban J connectivity index is 1.85. The highest BCUT2D eigenvalue weighted by Gasteiger charge is 2.49. The van der Waals surface area contributed by atoms with Crippen molar-refractivity contribution in [3.63, 3.8) is 0 Å². The predicted octanol–water partition coefficient (Wildman–Crippen LogP) is 2.67. The van der Waals surface area contributed by atoms with Crippen LogP contribution in [0.15, 0.2) is 34.9 Å². The van der Waals surface area contributed by atoms with Gasteiger partial charge in [-0.15, -0.1) is 0 Å². The van der Waals surface area contributed by atoms with Crippen LogP contribution in [-0.2, 0) is 16.6 Å². The van der Waals surface area contributed by atoms with Crippen molar-refractivity contribution >= 4 is 5.78 Å². The molecule has 1 aliphatic rings. The Labute approximate surface area is 111 Å². The van der Waals surface area contributed by atoms with E-state index in [9.17, 15) is 4.79 Å². The number of aromatic nitrogens is 2. The highest BCUT2D eigenvalue weighted by atomic mass is 16.5. The summed E-state index contributed by atoms with van der Waals surface area (Å²) in [4.78, 5) is 15.8. The SMILES string of the molecule is CCC(=O)Cc1nc(C2(c3ccccc3)CC2)no1. The van der Waals surface area contributed by atoms with Crippen LogP contribution in [0.5, 0.6) is 0 Å². The maximum Gasteiger partial charge on any atom is 0.234 e. The third-order valence-corrected chi connectivity index (χ3v) is 3.72. The van der Waals surface area contributed by atoms with Gasteiger partial charge in [-0.2, -0.15) is 4.98 Å². The number of hydrogen-bond acceptors (Lipinski definition) is 4. The first-order valence-electron chi connectivity index (χ1n) is 6.65. The first-order chi connectivity index (χ1) is 9.24. The third kappa shape index (κ3) is 2.18. The van der Waals surface area contributed by atoms with Crippen LogP contribution < -0.4 is 0 Å². The molecule has 1 aromatic heterocycles. The van der Waals surface area contributed by atoms with E-state index in [1.165, 1.54) is 5.56 Å². The second-order valence-electron chi connectivity index (χ2n) is 5.03. The molecule has 4 heteroatoms. The van der Waals surface area contributed by atoms with E-state index in [0.717, 1.165) is 18.7 Å². The van der Waals surface area contributed by atoms with Crippen molar-refractivity contribution in [1.82, 2.24) is 10.1 Å². The van der Waals surface area contributed by atoms with E-state index in [0.29, 0.717) is 12.3 Å². The zero-order chi connectivity index (χ0) is 13.3. The van der Waals surface area contributed by atoms with Crippen LogP contribution in [0.3, 0.4) is 0 Å². The average Bonchev–Trinajstić information content (AvgIpc) is 3.14. The number of hydrogen-bond donors (Lipinski definition) is 0. The molecule has 0 saturated heterocycles. The van der Waals surface area contributed by atoms with Gasteiger partial charge in [0.2, 0.25) is 5.89 Å².